The Morgan fingerprint density at radius 1 is 0.963 bits per heavy atom. The molecule has 2 aromatic carbocycles. The average Bonchev–Trinajstić information content (AvgIpc) is 2.68. The van der Waals surface area contributed by atoms with Crippen LogP contribution in [0.2, 0.25) is 0 Å². The summed E-state index contributed by atoms with van der Waals surface area (Å²) < 4.78 is 10.9. The first kappa shape index (κ1) is 18.7. The van der Waals surface area contributed by atoms with Gasteiger partial charge in [-0.15, -0.1) is 0 Å². The molecule has 0 saturated heterocycles. The molecular formula is C19H19N3O4S. The van der Waals surface area contributed by atoms with Crippen molar-refractivity contribution in [3.05, 3.63) is 48.0 Å². The zero-order valence-corrected chi connectivity index (χ0v) is 15.5. The van der Waals surface area contributed by atoms with Gasteiger partial charge in [-0.2, -0.15) is 0 Å². The Morgan fingerprint density at radius 2 is 1.59 bits per heavy atom. The molecule has 0 saturated carbocycles. The Balaban J connectivity index is 1.57. The number of hydrogen-bond donors (Lipinski definition) is 3. The van der Waals surface area contributed by atoms with E-state index in [2.05, 4.69) is 16.0 Å². The maximum Gasteiger partial charge on any atom is 0.257 e. The predicted octanol–water partition coefficient (Wildman–Crippen LogP) is 2.93. The van der Waals surface area contributed by atoms with Crippen LogP contribution in [0.4, 0.5) is 11.4 Å². The van der Waals surface area contributed by atoms with Gasteiger partial charge in [0.2, 0.25) is 5.91 Å². The maximum absolute atomic E-state index is 12.4. The minimum atomic E-state index is -0.351. The van der Waals surface area contributed by atoms with Gasteiger partial charge in [-0.3, -0.25) is 14.9 Å². The molecule has 7 nitrogen and oxygen atoms in total. The number of carbonyl (C=O) groups is 2. The van der Waals surface area contributed by atoms with Crippen LogP contribution in [0.5, 0.6) is 11.5 Å². The van der Waals surface area contributed by atoms with Gasteiger partial charge >= 0.3 is 0 Å². The SMILES string of the molecule is CCC(=O)Nc1ccc(NC(=S)NC(=O)c2ccc3c(c2)OCCO3)cc1. The first-order chi connectivity index (χ1) is 13.0. The van der Waals surface area contributed by atoms with Crippen molar-refractivity contribution in [2.24, 2.45) is 0 Å². The zero-order chi connectivity index (χ0) is 19.2. The Labute approximate surface area is 162 Å². The molecule has 1 aliphatic heterocycles. The van der Waals surface area contributed by atoms with Gasteiger partial charge in [0.05, 0.1) is 0 Å². The van der Waals surface area contributed by atoms with Crippen LogP contribution < -0.4 is 25.4 Å². The lowest BCUT2D eigenvalue weighted by Gasteiger charge is -2.18. The largest absolute Gasteiger partial charge is 0.486 e. The Morgan fingerprint density at radius 3 is 2.26 bits per heavy atom. The van der Waals surface area contributed by atoms with Gasteiger partial charge in [0.25, 0.3) is 5.91 Å². The third-order valence-electron chi connectivity index (χ3n) is 3.78. The molecule has 140 valence electrons. The highest BCUT2D eigenvalue weighted by Gasteiger charge is 2.15. The molecule has 0 radical (unpaired) electrons. The number of hydrogen-bond acceptors (Lipinski definition) is 5. The second-order valence-electron chi connectivity index (χ2n) is 5.75. The summed E-state index contributed by atoms with van der Waals surface area (Å²) in [5, 5.41) is 8.48. The normalized spacial score (nSPS) is 12.0. The number of nitrogens with one attached hydrogen (secondary N) is 3. The van der Waals surface area contributed by atoms with E-state index >= 15 is 0 Å². The van der Waals surface area contributed by atoms with Crippen LogP contribution in [0, 0.1) is 0 Å². The summed E-state index contributed by atoms with van der Waals surface area (Å²) in [6.07, 6.45) is 0.413. The van der Waals surface area contributed by atoms with E-state index in [1.54, 1.807) is 49.4 Å². The molecule has 0 spiro atoms. The molecule has 0 aromatic heterocycles. The first-order valence-electron chi connectivity index (χ1n) is 8.47. The smallest absolute Gasteiger partial charge is 0.257 e. The lowest BCUT2D eigenvalue weighted by atomic mass is 10.2. The molecule has 2 aromatic rings. The van der Waals surface area contributed by atoms with E-state index in [-0.39, 0.29) is 16.9 Å². The summed E-state index contributed by atoms with van der Waals surface area (Å²) in [6, 6.07) is 12.0. The lowest BCUT2D eigenvalue weighted by Crippen LogP contribution is -2.34. The number of benzene rings is 2. The molecule has 0 bridgehead atoms. The molecule has 1 heterocycles. The Bertz CT molecular complexity index is 868. The highest BCUT2D eigenvalue weighted by atomic mass is 32.1. The topological polar surface area (TPSA) is 88.7 Å². The van der Waals surface area contributed by atoms with Gasteiger partial charge in [0, 0.05) is 23.4 Å². The number of anilines is 2. The standard InChI is InChI=1S/C19H19N3O4S/c1-2-17(23)20-13-4-6-14(7-5-13)21-19(27)22-18(24)12-3-8-15-16(11-12)26-10-9-25-15/h3-8,11H,2,9-10H2,1H3,(H,20,23)(H2,21,22,24,27). The van der Waals surface area contributed by atoms with Crippen molar-refractivity contribution in [2.45, 2.75) is 13.3 Å². The average molecular weight is 385 g/mol. The van der Waals surface area contributed by atoms with Crippen LogP contribution >= 0.6 is 12.2 Å². The molecule has 8 heteroatoms. The fourth-order valence-electron chi connectivity index (χ4n) is 2.41. The number of carbonyl (C=O) groups excluding carboxylic acids is 2. The van der Waals surface area contributed by atoms with Crippen molar-refractivity contribution in [1.82, 2.24) is 5.32 Å². The van der Waals surface area contributed by atoms with E-state index < -0.39 is 0 Å². The van der Waals surface area contributed by atoms with Crippen molar-refractivity contribution < 1.29 is 19.1 Å². The van der Waals surface area contributed by atoms with E-state index in [1.165, 1.54) is 0 Å². The summed E-state index contributed by atoms with van der Waals surface area (Å²) in [5.41, 5.74) is 1.80. The minimum absolute atomic E-state index is 0.0575. The van der Waals surface area contributed by atoms with Crippen LogP contribution in [0.3, 0.4) is 0 Å². The molecule has 0 fully saturated rings. The molecule has 3 rings (SSSR count). The van der Waals surface area contributed by atoms with Crippen LogP contribution in [-0.2, 0) is 4.79 Å². The summed E-state index contributed by atoms with van der Waals surface area (Å²) in [4.78, 5) is 23.7. The summed E-state index contributed by atoms with van der Waals surface area (Å²) in [5.74, 6) is 0.750. The van der Waals surface area contributed by atoms with Crippen molar-refractivity contribution in [3.8, 4) is 11.5 Å². The predicted molar refractivity (Wildman–Crippen MR) is 106 cm³/mol. The second kappa shape index (κ2) is 8.50. The highest BCUT2D eigenvalue weighted by molar-refractivity contribution is 7.80. The van der Waals surface area contributed by atoms with Gasteiger partial charge in [0.15, 0.2) is 16.6 Å². The molecule has 0 aliphatic carbocycles. The molecule has 1 aliphatic rings. The monoisotopic (exact) mass is 385 g/mol. The summed E-state index contributed by atoms with van der Waals surface area (Å²) in [6.45, 7) is 2.73. The second-order valence-corrected chi connectivity index (χ2v) is 6.15. The van der Waals surface area contributed by atoms with Gasteiger partial charge in [-0.25, -0.2) is 0 Å². The van der Waals surface area contributed by atoms with Crippen LogP contribution in [0.1, 0.15) is 23.7 Å². The summed E-state index contributed by atoms with van der Waals surface area (Å²) >= 11 is 5.19. The molecule has 2 amide bonds. The molecule has 27 heavy (non-hydrogen) atoms. The zero-order valence-electron chi connectivity index (χ0n) is 14.7. The van der Waals surface area contributed by atoms with Gasteiger partial charge in [-0.1, -0.05) is 6.92 Å². The van der Waals surface area contributed by atoms with E-state index in [9.17, 15) is 9.59 Å². The van der Waals surface area contributed by atoms with Crippen molar-refractivity contribution >= 4 is 40.5 Å². The van der Waals surface area contributed by atoms with Gasteiger partial charge < -0.3 is 20.1 Å². The van der Waals surface area contributed by atoms with Crippen molar-refractivity contribution in [3.63, 3.8) is 0 Å². The fourth-order valence-corrected chi connectivity index (χ4v) is 2.62. The van der Waals surface area contributed by atoms with Crippen LogP contribution in [-0.4, -0.2) is 30.1 Å². The number of amides is 2. The fraction of sp³-hybridized carbons (Fsp3) is 0.211. The summed E-state index contributed by atoms with van der Waals surface area (Å²) in [7, 11) is 0. The van der Waals surface area contributed by atoms with Gasteiger partial charge in [0.1, 0.15) is 13.2 Å². The number of rotatable bonds is 4. The third kappa shape index (κ3) is 4.95. The van der Waals surface area contributed by atoms with Crippen molar-refractivity contribution in [1.29, 1.82) is 0 Å². The highest BCUT2D eigenvalue weighted by Crippen LogP contribution is 2.30. The van der Waals surface area contributed by atoms with Gasteiger partial charge in [-0.05, 0) is 54.7 Å². The first-order valence-corrected chi connectivity index (χ1v) is 8.88. The quantitative estimate of drug-likeness (QED) is 0.702. The van der Waals surface area contributed by atoms with Crippen LogP contribution in [0.25, 0.3) is 0 Å². The molecule has 0 unspecified atom stereocenters. The Hall–Kier alpha value is -3.13. The third-order valence-corrected chi connectivity index (χ3v) is 3.98. The molecular weight excluding hydrogens is 366 g/mol. The minimum Gasteiger partial charge on any atom is -0.486 e. The van der Waals surface area contributed by atoms with Crippen LogP contribution in [0.15, 0.2) is 42.5 Å². The lowest BCUT2D eigenvalue weighted by molar-refractivity contribution is -0.115. The van der Waals surface area contributed by atoms with E-state index in [1.807, 2.05) is 0 Å². The Kier molecular flexibility index (Phi) is 5.87. The maximum atomic E-state index is 12.4. The van der Waals surface area contributed by atoms with E-state index in [0.717, 1.165) is 0 Å². The molecule has 0 atom stereocenters. The number of thiocarbonyl (C=S) groups is 1. The van der Waals surface area contributed by atoms with Crippen molar-refractivity contribution in [2.75, 3.05) is 23.8 Å². The number of fused-ring (bicyclic) bond motifs is 1. The number of ether oxygens (including phenoxy) is 2. The molecule has 3 N–H and O–H groups in total. The van der Waals surface area contributed by atoms with E-state index in [0.29, 0.717) is 48.1 Å². The van der Waals surface area contributed by atoms with E-state index in [4.69, 9.17) is 21.7 Å².